The van der Waals surface area contributed by atoms with Gasteiger partial charge in [0.2, 0.25) is 0 Å². The van der Waals surface area contributed by atoms with Crippen LogP contribution in [0.3, 0.4) is 0 Å². The van der Waals surface area contributed by atoms with E-state index in [1.165, 1.54) is 12.1 Å². The first-order valence-corrected chi connectivity index (χ1v) is 9.70. The van der Waals surface area contributed by atoms with Crippen molar-refractivity contribution in [2.24, 2.45) is 4.99 Å². The van der Waals surface area contributed by atoms with Crippen LogP contribution in [0.25, 0.3) is 0 Å². The van der Waals surface area contributed by atoms with E-state index >= 15 is 0 Å². The lowest BCUT2D eigenvalue weighted by atomic mass is 9.96. The summed E-state index contributed by atoms with van der Waals surface area (Å²) < 4.78 is 38.5. The van der Waals surface area contributed by atoms with E-state index in [0.717, 1.165) is 23.2 Å². The summed E-state index contributed by atoms with van der Waals surface area (Å²) in [5.74, 6) is 0.689. The van der Waals surface area contributed by atoms with Gasteiger partial charge in [0.25, 0.3) is 0 Å². The molecule has 148 valence electrons. The highest BCUT2D eigenvalue weighted by Crippen LogP contribution is 2.31. The zero-order valence-electron chi connectivity index (χ0n) is 15.7. The fourth-order valence-corrected chi connectivity index (χ4v) is 3.30. The van der Waals surface area contributed by atoms with Crippen molar-refractivity contribution in [2.75, 3.05) is 20.1 Å². The lowest BCUT2D eigenvalue weighted by Gasteiger charge is -2.16. The highest BCUT2D eigenvalue weighted by molar-refractivity contribution is 7.09. The Balaban J connectivity index is 1.76. The quantitative estimate of drug-likeness (QED) is 0.538. The van der Waals surface area contributed by atoms with Crippen LogP contribution >= 0.6 is 11.3 Å². The number of hydrogen-bond acceptors (Lipinski definition) is 3. The van der Waals surface area contributed by atoms with E-state index < -0.39 is 11.7 Å². The number of rotatable bonds is 7. The average molecular weight is 398 g/mol. The molecular formula is C19H25F3N4S. The maximum absolute atomic E-state index is 12.8. The second-order valence-corrected chi connectivity index (χ2v) is 7.41. The van der Waals surface area contributed by atoms with E-state index in [9.17, 15) is 13.2 Å². The van der Waals surface area contributed by atoms with Gasteiger partial charge in [0.1, 0.15) is 0 Å². The molecule has 0 aliphatic carbocycles. The molecule has 1 heterocycles. The van der Waals surface area contributed by atoms with E-state index in [1.54, 1.807) is 24.5 Å². The van der Waals surface area contributed by atoms with E-state index in [-0.39, 0.29) is 5.92 Å². The molecule has 1 atom stereocenters. The lowest BCUT2D eigenvalue weighted by molar-refractivity contribution is -0.137. The van der Waals surface area contributed by atoms with E-state index in [2.05, 4.69) is 20.6 Å². The Morgan fingerprint density at radius 2 is 2.00 bits per heavy atom. The Hall–Kier alpha value is -2.09. The van der Waals surface area contributed by atoms with Gasteiger partial charge >= 0.3 is 6.18 Å². The summed E-state index contributed by atoms with van der Waals surface area (Å²) in [6, 6.07) is 5.53. The Labute approximate surface area is 161 Å². The molecule has 0 saturated heterocycles. The van der Waals surface area contributed by atoms with E-state index in [4.69, 9.17) is 0 Å². The van der Waals surface area contributed by atoms with Crippen molar-refractivity contribution in [2.45, 2.75) is 38.8 Å². The minimum atomic E-state index is -4.31. The van der Waals surface area contributed by atoms with E-state index in [1.807, 2.05) is 19.2 Å². The smallest absolute Gasteiger partial charge is 0.356 e. The van der Waals surface area contributed by atoms with Crippen LogP contribution < -0.4 is 10.6 Å². The molecule has 0 saturated carbocycles. The van der Waals surface area contributed by atoms with Gasteiger partial charge in [-0.15, -0.1) is 11.3 Å². The normalized spacial score (nSPS) is 13.5. The predicted molar refractivity (Wildman–Crippen MR) is 104 cm³/mol. The number of benzene rings is 1. The third-order valence-corrected chi connectivity index (χ3v) is 5.04. The summed E-state index contributed by atoms with van der Waals surface area (Å²) in [7, 11) is 1.69. The molecule has 0 bridgehead atoms. The molecule has 2 N–H and O–H groups in total. The summed E-state index contributed by atoms with van der Waals surface area (Å²) in [4.78, 5) is 8.58. The molecule has 0 aliphatic rings. The van der Waals surface area contributed by atoms with Gasteiger partial charge < -0.3 is 10.6 Å². The molecule has 0 spiro atoms. The van der Waals surface area contributed by atoms with Crippen molar-refractivity contribution >= 4 is 17.3 Å². The maximum Gasteiger partial charge on any atom is 0.416 e. The molecule has 27 heavy (non-hydrogen) atoms. The van der Waals surface area contributed by atoms with Crippen LogP contribution in [0.2, 0.25) is 0 Å². The molecular weight excluding hydrogens is 373 g/mol. The first-order valence-electron chi connectivity index (χ1n) is 8.82. The first-order chi connectivity index (χ1) is 12.8. The van der Waals surface area contributed by atoms with Crippen molar-refractivity contribution < 1.29 is 13.2 Å². The fraction of sp³-hybridized carbons (Fsp3) is 0.474. The van der Waals surface area contributed by atoms with Gasteiger partial charge in [0, 0.05) is 31.9 Å². The van der Waals surface area contributed by atoms with Crippen LogP contribution in [-0.2, 0) is 12.6 Å². The lowest BCUT2D eigenvalue weighted by Crippen LogP contribution is -2.39. The van der Waals surface area contributed by atoms with Gasteiger partial charge in [-0.05, 0) is 30.9 Å². The average Bonchev–Trinajstić information content (AvgIpc) is 3.04. The Bertz CT molecular complexity index is 755. The van der Waals surface area contributed by atoms with Crippen molar-refractivity contribution in [1.82, 2.24) is 15.6 Å². The van der Waals surface area contributed by atoms with Gasteiger partial charge in [-0.1, -0.05) is 25.1 Å². The monoisotopic (exact) mass is 398 g/mol. The number of halogens is 3. The summed E-state index contributed by atoms with van der Waals surface area (Å²) >= 11 is 1.63. The number of aliphatic imine (C=N–C) groups is 1. The zero-order valence-corrected chi connectivity index (χ0v) is 16.5. The number of thiazole rings is 1. The van der Waals surface area contributed by atoms with Crippen molar-refractivity contribution in [3.63, 3.8) is 0 Å². The Morgan fingerprint density at radius 3 is 2.63 bits per heavy atom. The third kappa shape index (κ3) is 6.86. The van der Waals surface area contributed by atoms with Crippen LogP contribution in [0.5, 0.6) is 0 Å². The number of aryl methyl sites for hydroxylation is 1. The van der Waals surface area contributed by atoms with E-state index in [0.29, 0.717) is 31.0 Å². The highest BCUT2D eigenvalue weighted by atomic mass is 32.1. The molecule has 1 aromatic carbocycles. The molecule has 0 amide bonds. The molecule has 2 rings (SSSR count). The summed E-state index contributed by atoms with van der Waals surface area (Å²) in [5.41, 5.74) is 1.14. The standard InChI is InChI=1S/C19H25F3N4S/c1-13(15-5-4-6-16(11-15)19(20,21)22)7-9-24-18(23-3)25-10-8-17-12-27-14(2)26-17/h4-6,11-13H,7-10H2,1-3H3,(H2,23,24,25). The first kappa shape index (κ1) is 21.2. The molecule has 2 aromatic rings. The summed E-state index contributed by atoms with van der Waals surface area (Å²) in [6.07, 6.45) is -2.80. The van der Waals surface area contributed by atoms with Gasteiger partial charge in [-0.25, -0.2) is 4.98 Å². The van der Waals surface area contributed by atoms with Crippen LogP contribution in [0.4, 0.5) is 13.2 Å². The second-order valence-electron chi connectivity index (χ2n) is 6.35. The summed E-state index contributed by atoms with van der Waals surface area (Å²) in [6.45, 7) is 5.24. The third-order valence-electron chi connectivity index (χ3n) is 4.22. The van der Waals surface area contributed by atoms with Crippen LogP contribution in [0, 0.1) is 6.92 Å². The van der Waals surface area contributed by atoms with Crippen molar-refractivity contribution in [1.29, 1.82) is 0 Å². The Morgan fingerprint density at radius 1 is 1.26 bits per heavy atom. The summed E-state index contributed by atoms with van der Waals surface area (Å²) in [5, 5.41) is 9.53. The predicted octanol–water partition coefficient (Wildman–Crippen LogP) is 4.37. The zero-order chi connectivity index (χ0) is 19.9. The molecule has 0 fully saturated rings. The minimum absolute atomic E-state index is 0.0101. The number of aromatic nitrogens is 1. The molecule has 4 nitrogen and oxygen atoms in total. The van der Waals surface area contributed by atoms with Crippen molar-refractivity contribution in [3.05, 3.63) is 51.5 Å². The second kappa shape index (κ2) is 9.73. The fourth-order valence-electron chi connectivity index (χ4n) is 2.65. The number of alkyl halides is 3. The number of nitrogens with zero attached hydrogens (tertiary/aromatic N) is 2. The van der Waals surface area contributed by atoms with Gasteiger partial charge in [-0.2, -0.15) is 13.2 Å². The molecule has 8 heteroatoms. The maximum atomic E-state index is 12.8. The van der Waals surface area contributed by atoms with Gasteiger partial charge in [0.05, 0.1) is 16.3 Å². The molecule has 0 radical (unpaired) electrons. The topological polar surface area (TPSA) is 49.3 Å². The van der Waals surface area contributed by atoms with Crippen LogP contribution in [0.15, 0.2) is 34.6 Å². The van der Waals surface area contributed by atoms with Gasteiger partial charge in [-0.3, -0.25) is 4.99 Å². The number of hydrogen-bond donors (Lipinski definition) is 2. The highest BCUT2D eigenvalue weighted by Gasteiger charge is 2.30. The number of nitrogens with one attached hydrogen (secondary N) is 2. The van der Waals surface area contributed by atoms with Crippen molar-refractivity contribution in [3.8, 4) is 0 Å². The van der Waals surface area contributed by atoms with Crippen LogP contribution in [-0.4, -0.2) is 31.1 Å². The number of guanidine groups is 1. The SMILES string of the molecule is CN=C(NCCc1csc(C)n1)NCCC(C)c1cccc(C(F)(F)F)c1. The molecule has 1 unspecified atom stereocenters. The molecule has 0 aliphatic heterocycles. The minimum Gasteiger partial charge on any atom is -0.356 e. The van der Waals surface area contributed by atoms with Crippen LogP contribution in [0.1, 0.15) is 41.1 Å². The van der Waals surface area contributed by atoms with Gasteiger partial charge in [0.15, 0.2) is 5.96 Å². The largest absolute Gasteiger partial charge is 0.416 e. The Kier molecular flexibility index (Phi) is 7.65. The molecule has 1 aromatic heterocycles.